The maximum absolute atomic E-state index is 14.2. The number of carbonyl (C=O) groups is 2. The second-order valence-electron chi connectivity index (χ2n) is 8.80. The highest BCUT2D eigenvalue weighted by Crippen LogP contribution is 2.54. The standard InChI is InChI=1S/C24H24BrClN2O5/c1-11-9-14-17(20(28(2)27-14)12-7-5-6-8-13(12)25)22(29)24(11)23(30)18-15(31-3)10-16(32-4)19(26)21(18)33-24/h8,10-12H,5-7,9H2,1-4H3/t11-,12?,24+/m1/s1. The summed E-state index contributed by atoms with van der Waals surface area (Å²) in [6, 6.07) is 1.55. The van der Waals surface area contributed by atoms with Crippen molar-refractivity contribution in [1.29, 1.82) is 0 Å². The third-order valence-electron chi connectivity index (χ3n) is 7.04. The van der Waals surface area contributed by atoms with Gasteiger partial charge in [-0.2, -0.15) is 5.10 Å². The van der Waals surface area contributed by atoms with E-state index in [0.29, 0.717) is 23.4 Å². The fourth-order valence-corrected chi connectivity index (χ4v) is 6.35. The highest BCUT2D eigenvalue weighted by molar-refractivity contribution is 9.11. The number of ketones is 2. The summed E-state index contributed by atoms with van der Waals surface area (Å²) in [7, 11) is 4.78. The number of fused-ring (bicyclic) bond motifs is 2. The number of nitrogens with zero attached hydrogens (tertiary/aromatic N) is 2. The topological polar surface area (TPSA) is 79.7 Å². The van der Waals surface area contributed by atoms with Crippen LogP contribution in [0, 0.1) is 5.92 Å². The number of allylic oxidation sites excluding steroid dienone is 2. The third-order valence-corrected chi connectivity index (χ3v) is 8.27. The van der Waals surface area contributed by atoms with Gasteiger partial charge in [0, 0.05) is 29.4 Å². The summed E-state index contributed by atoms with van der Waals surface area (Å²) in [6.07, 6.45) is 5.47. The largest absolute Gasteiger partial charge is 0.496 e. The summed E-state index contributed by atoms with van der Waals surface area (Å²) in [5, 5.41) is 4.83. The number of ether oxygens (including phenoxy) is 3. The summed E-state index contributed by atoms with van der Waals surface area (Å²) in [4.78, 5) is 28.2. The Balaban J connectivity index is 1.69. The molecule has 0 fully saturated rings. The summed E-state index contributed by atoms with van der Waals surface area (Å²) in [5.74, 6) is -0.538. The summed E-state index contributed by atoms with van der Waals surface area (Å²) in [5.41, 5.74) is 0.449. The second kappa shape index (κ2) is 7.87. The Bertz CT molecular complexity index is 1240. The molecule has 2 aromatic rings. The number of benzene rings is 1. The van der Waals surface area contributed by atoms with Gasteiger partial charge in [0.25, 0.3) is 0 Å². The summed E-state index contributed by atoms with van der Waals surface area (Å²) in [6.45, 7) is 1.84. The number of hydrogen-bond acceptors (Lipinski definition) is 6. The van der Waals surface area contributed by atoms with Gasteiger partial charge in [0.2, 0.25) is 17.2 Å². The van der Waals surface area contributed by atoms with Crippen molar-refractivity contribution in [2.75, 3.05) is 14.2 Å². The number of halogens is 2. The molecule has 0 saturated heterocycles. The smallest absolute Gasteiger partial charge is 0.237 e. The van der Waals surface area contributed by atoms with Crippen molar-refractivity contribution in [2.45, 2.75) is 44.1 Å². The molecule has 2 aliphatic carbocycles. The van der Waals surface area contributed by atoms with Crippen LogP contribution < -0.4 is 14.2 Å². The third kappa shape index (κ3) is 2.96. The first-order chi connectivity index (χ1) is 15.8. The molecule has 3 atom stereocenters. The number of Topliss-reactive ketones (excluding diaryl/α,β-unsaturated/α-hetero) is 2. The Morgan fingerprint density at radius 3 is 2.58 bits per heavy atom. The van der Waals surface area contributed by atoms with Crippen LogP contribution in [0.25, 0.3) is 0 Å². The van der Waals surface area contributed by atoms with E-state index in [2.05, 4.69) is 27.1 Å². The Labute approximate surface area is 205 Å². The molecule has 174 valence electrons. The van der Waals surface area contributed by atoms with Gasteiger partial charge in [-0.25, -0.2) is 0 Å². The van der Waals surface area contributed by atoms with E-state index < -0.39 is 17.3 Å². The molecule has 1 spiro atoms. The average molecular weight is 536 g/mol. The highest BCUT2D eigenvalue weighted by atomic mass is 79.9. The molecule has 3 aliphatic rings. The van der Waals surface area contributed by atoms with Crippen LogP contribution in [0.1, 0.15) is 64.2 Å². The molecule has 0 amide bonds. The van der Waals surface area contributed by atoms with Crippen LogP contribution in [-0.2, 0) is 13.5 Å². The predicted molar refractivity (Wildman–Crippen MR) is 126 cm³/mol. The van der Waals surface area contributed by atoms with Gasteiger partial charge < -0.3 is 14.2 Å². The Morgan fingerprint density at radius 1 is 1.21 bits per heavy atom. The minimum atomic E-state index is -1.72. The van der Waals surface area contributed by atoms with E-state index in [1.807, 2.05) is 14.0 Å². The molecule has 1 aliphatic heterocycles. The lowest BCUT2D eigenvalue weighted by Gasteiger charge is -2.35. The van der Waals surface area contributed by atoms with Gasteiger partial charge in [0.05, 0.1) is 31.2 Å². The number of aryl methyl sites for hydroxylation is 1. The maximum atomic E-state index is 14.2. The van der Waals surface area contributed by atoms with Crippen molar-refractivity contribution < 1.29 is 23.8 Å². The van der Waals surface area contributed by atoms with E-state index >= 15 is 0 Å². The van der Waals surface area contributed by atoms with Crippen molar-refractivity contribution in [1.82, 2.24) is 9.78 Å². The minimum absolute atomic E-state index is 0.00602. The van der Waals surface area contributed by atoms with Gasteiger partial charge in [0.15, 0.2) is 5.75 Å². The molecule has 2 heterocycles. The van der Waals surface area contributed by atoms with Crippen LogP contribution in [0.3, 0.4) is 0 Å². The highest BCUT2D eigenvalue weighted by Gasteiger charge is 2.63. The van der Waals surface area contributed by atoms with E-state index in [1.165, 1.54) is 14.2 Å². The molecule has 0 radical (unpaired) electrons. The molecule has 1 aromatic carbocycles. The molecule has 0 saturated carbocycles. The Kier molecular flexibility index (Phi) is 5.36. The van der Waals surface area contributed by atoms with Crippen LogP contribution in [0.15, 0.2) is 16.6 Å². The molecule has 1 aromatic heterocycles. The molecular weight excluding hydrogens is 512 g/mol. The van der Waals surface area contributed by atoms with Crippen molar-refractivity contribution in [3.63, 3.8) is 0 Å². The normalized spacial score (nSPS) is 26.1. The molecule has 7 nitrogen and oxygen atoms in total. The first-order valence-electron chi connectivity index (χ1n) is 10.9. The van der Waals surface area contributed by atoms with Crippen LogP contribution >= 0.6 is 27.5 Å². The molecule has 9 heteroatoms. The van der Waals surface area contributed by atoms with Crippen LogP contribution in [0.5, 0.6) is 17.2 Å². The minimum Gasteiger partial charge on any atom is -0.496 e. The van der Waals surface area contributed by atoms with Crippen molar-refractivity contribution in [3.05, 3.63) is 44.2 Å². The fraction of sp³-hybridized carbons (Fsp3) is 0.458. The molecule has 33 heavy (non-hydrogen) atoms. The number of methoxy groups -OCH3 is 2. The zero-order valence-corrected chi connectivity index (χ0v) is 21.2. The zero-order valence-electron chi connectivity index (χ0n) is 18.8. The van der Waals surface area contributed by atoms with Crippen LogP contribution in [0.2, 0.25) is 5.02 Å². The van der Waals surface area contributed by atoms with Crippen molar-refractivity contribution in [3.8, 4) is 17.2 Å². The van der Waals surface area contributed by atoms with Crippen LogP contribution in [0.4, 0.5) is 0 Å². The molecule has 0 bridgehead atoms. The van der Waals surface area contributed by atoms with Gasteiger partial charge in [-0.05, 0) is 25.7 Å². The molecule has 5 rings (SSSR count). The lowest BCUT2D eigenvalue weighted by Crippen LogP contribution is -2.56. The fourth-order valence-electron chi connectivity index (χ4n) is 5.41. The summed E-state index contributed by atoms with van der Waals surface area (Å²) < 4.78 is 19.9. The SMILES string of the molecule is COc1cc(OC)c2c(c1Cl)O[C@]1(C2=O)C(=O)c2c(nn(C)c2C2CCCC=C2Br)C[C@H]1C. The van der Waals surface area contributed by atoms with Gasteiger partial charge in [-0.3, -0.25) is 14.3 Å². The van der Waals surface area contributed by atoms with Crippen molar-refractivity contribution in [2.24, 2.45) is 13.0 Å². The average Bonchev–Trinajstić information content (AvgIpc) is 3.29. The van der Waals surface area contributed by atoms with E-state index in [0.717, 1.165) is 29.4 Å². The van der Waals surface area contributed by atoms with Gasteiger partial charge in [-0.1, -0.05) is 40.5 Å². The first kappa shape index (κ1) is 22.5. The lowest BCUT2D eigenvalue weighted by atomic mass is 9.70. The molecular formula is C24H24BrClN2O5. The lowest BCUT2D eigenvalue weighted by molar-refractivity contribution is 0.0257. The Hall–Kier alpha value is -2.32. The summed E-state index contributed by atoms with van der Waals surface area (Å²) >= 11 is 10.2. The number of rotatable bonds is 3. The molecule has 0 N–H and O–H groups in total. The quantitative estimate of drug-likeness (QED) is 0.513. The van der Waals surface area contributed by atoms with E-state index in [-0.39, 0.29) is 33.8 Å². The first-order valence-corrected chi connectivity index (χ1v) is 12.1. The zero-order chi connectivity index (χ0) is 23.7. The second-order valence-corrected chi connectivity index (χ2v) is 10.1. The van der Waals surface area contributed by atoms with Crippen molar-refractivity contribution >= 4 is 39.1 Å². The number of aromatic nitrogens is 2. The van der Waals surface area contributed by atoms with E-state index in [4.69, 9.17) is 25.8 Å². The van der Waals surface area contributed by atoms with E-state index in [1.54, 1.807) is 10.7 Å². The maximum Gasteiger partial charge on any atom is 0.237 e. The predicted octanol–water partition coefficient (Wildman–Crippen LogP) is 5.03. The Morgan fingerprint density at radius 2 is 1.91 bits per heavy atom. The van der Waals surface area contributed by atoms with Gasteiger partial charge >= 0.3 is 0 Å². The van der Waals surface area contributed by atoms with E-state index in [9.17, 15) is 9.59 Å². The van der Waals surface area contributed by atoms with Gasteiger partial charge in [0.1, 0.15) is 22.1 Å². The number of carbonyl (C=O) groups excluding carboxylic acids is 2. The monoisotopic (exact) mass is 534 g/mol. The van der Waals surface area contributed by atoms with Gasteiger partial charge in [-0.15, -0.1) is 0 Å². The number of hydrogen-bond donors (Lipinski definition) is 0. The molecule has 1 unspecified atom stereocenters. The van der Waals surface area contributed by atoms with Crippen LogP contribution in [-0.4, -0.2) is 41.2 Å².